The van der Waals surface area contributed by atoms with Crippen LogP contribution in [-0.4, -0.2) is 24.0 Å². The number of carbonyl (C=O) groups excluding carboxylic acids is 1. The average Bonchev–Trinajstić information content (AvgIpc) is 2.62. The SMILES string of the molecule is CC1CCN(c2ccc(C(=O)Nc3cccc(C(F)(F)F)c3)cn2)CC1. The molecular weight excluding hydrogens is 343 g/mol. The Balaban J connectivity index is 1.67. The third kappa shape index (κ3) is 4.33. The Morgan fingerprint density at radius 1 is 1.19 bits per heavy atom. The molecule has 1 fully saturated rings. The molecule has 26 heavy (non-hydrogen) atoms. The van der Waals surface area contributed by atoms with Crippen LogP contribution in [0, 0.1) is 5.92 Å². The highest BCUT2D eigenvalue weighted by molar-refractivity contribution is 6.04. The van der Waals surface area contributed by atoms with Gasteiger partial charge in [0.15, 0.2) is 0 Å². The second-order valence-electron chi connectivity index (χ2n) is 6.61. The van der Waals surface area contributed by atoms with E-state index in [-0.39, 0.29) is 5.69 Å². The van der Waals surface area contributed by atoms with E-state index in [0.29, 0.717) is 11.5 Å². The Morgan fingerprint density at radius 3 is 2.54 bits per heavy atom. The molecule has 1 aliphatic heterocycles. The first-order valence-corrected chi connectivity index (χ1v) is 8.52. The van der Waals surface area contributed by atoms with Crippen molar-refractivity contribution in [2.75, 3.05) is 23.3 Å². The number of hydrogen-bond acceptors (Lipinski definition) is 3. The number of anilines is 2. The van der Waals surface area contributed by atoms with E-state index in [1.54, 1.807) is 12.1 Å². The number of halogens is 3. The van der Waals surface area contributed by atoms with E-state index in [1.165, 1.54) is 18.3 Å². The van der Waals surface area contributed by atoms with Gasteiger partial charge in [-0.25, -0.2) is 4.98 Å². The monoisotopic (exact) mass is 363 g/mol. The highest BCUT2D eigenvalue weighted by atomic mass is 19.4. The highest BCUT2D eigenvalue weighted by Crippen LogP contribution is 2.30. The third-order valence-corrected chi connectivity index (χ3v) is 4.57. The second-order valence-corrected chi connectivity index (χ2v) is 6.61. The zero-order valence-corrected chi connectivity index (χ0v) is 14.4. The largest absolute Gasteiger partial charge is 0.416 e. The van der Waals surface area contributed by atoms with Crippen LogP contribution in [0.2, 0.25) is 0 Å². The van der Waals surface area contributed by atoms with Crippen molar-refractivity contribution in [2.24, 2.45) is 5.92 Å². The topological polar surface area (TPSA) is 45.2 Å². The van der Waals surface area contributed by atoms with Gasteiger partial charge < -0.3 is 10.2 Å². The summed E-state index contributed by atoms with van der Waals surface area (Å²) in [6.07, 6.45) is -0.773. The molecule has 0 atom stereocenters. The van der Waals surface area contributed by atoms with E-state index >= 15 is 0 Å². The highest BCUT2D eigenvalue weighted by Gasteiger charge is 2.30. The van der Waals surface area contributed by atoms with Crippen LogP contribution in [-0.2, 0) is 6.18 Å². The maximum atomic E-state index is 12.7. The van der Waals surface area contributed by atoms with Gasteiger partial charge in [0.25, 0.3) is 5.91 Å². The molecule has 4 nitrogen and oxygen atoms in total. The normalized spacial score (nSPS) is 15.8. The Morgan fingerprint density at radius 2 is 1.92 bits per heavy atom. The molecule has 0 bridgehead atoms. The summed E-state index contributed by atoms with van der Waals surface area (Å²) in [7, 11) is 0. The molecular formula is C19H20F3N3O. The lowest BCUT2D eigenvalue weighted by molar-refractivity contribution is -0.137. The van der Waals surface area contributed by atoms with Crippen LogP contribution < -0.4 is 10.2 Å². The quantitative estimate of drug-likeness (QED) is 0.868. The molecule has 2 heterocycles. The van der Waals surface area contributed by atoms with E-state index in [0.717, 1.165) is 43.9 Å². The molecule has 2 aromatic rings. The van der Waals surface area contributed by atoms with Crippen molar-refractivity contribution in [3.8, 4) is 0 Å². The summed E-state index contributed by atoms with van der Waals surface area (Å²) in [5.41, 5.74) is -0.404. The van der Waals surface area contributed by atoms with Crippen LogP contribution >= 0.6 is 0 Å². The Labute approximate surface area is 150 Å². The number of nitrogens with zero attached hydrogens (tertiary/aromatic N) is 2. The van der Waals surface area contributed by atoms with Crippen LogP contribution in [0.1, 0.15) is 35.7 Å². The van der Waals surface area contributed by atoms with Crippen molar-refractivity contribution in [1.82, 2.24) is 4.98 Å². The minimum atomic E-state index is -4.45. The van der Waals surface area contributed by atoms with E-state index in [9.17, 15) is 18.0 Å². The number of aromatic nitrogens is 1. The molecule has 1 aromatic carbocycles. The number of amides is 1. The summed E-state index contributed by atoms with van der Waals surface area (Å²) < 4.78 is 38.2. The molecule has 1 amide bonds. The lowest BCUT2D eigenvalue weighted by Crippen LogP contribution is -2.33. The molecule has 1 N–H and O–H groups in total. The first-order valence-electron chi connectivity index (χ1n) is 8.52. The molecule has 7 heteroatoms. The van der Waals surface area contributed by atoms with Gasteiger partial charge in [0.1, 0.15) is 5.82 Å². The van der Waals surface area contributed by atoms with Crippen molar-refractivity contribution in [2.45, 2.75) is 25.9 Å². The fourth-order valence-electron chi connectivity index (χ4n) is 2.92. The van der Waals surface area contributed by atoms with Gasteiger partial charge >= 0.3 is 6.18 Å². The first-order chi connectivity index (χ1) is 12.3. The molecule has 3 rings (SSSR count). The van der Waals surface area contributed by atoms with Crippen LogP contribution in [0.5, 0.6) is 0 Å². The zero-order chi connectivity index (χ0) is 18.7. The molecule has 0 aliphatic carbocycles. The Hall–Kier alpha value is -2.57. The molecule has 1 saturated heterocycles. The fraction of sp³-hybridized carbons (Fsp3) is 0.368. The van der Waals surface area contributed by atoms with Crippen molar-refractivity contribution < 1.29 is 18.0 Å². The lowest BCUT2D eigenvalue weighted by atomic mass is 9.99. The number of carbonyl (C=O) groups is 1. The standard InChI is InChI=1S/C19H20F3N3O/c1-13-7-9-25(10-8-13)17-6-5-14(12-23-17)18(26)24-16-4-2-3-15(11-16)19(20,21)22/h2-6,11-13H,7-10H2,1H3,(H,24,26). The van der Waals surface area contributed by atoms with Gasteiger partial charge in [-0.15, -0.1) is 0 Å². The van der Waals surface area contributed by atoms with Crippen molar-refractivity contribution in [3.05, 3.63) is 53.7 Å². The molecule has 0 unspecified atom stereocenters. The van der Waals surface area contributed by atoms with Crippen molar-refractivity contribution in [3.63, 3.8) is 0 Å². The molecule has 1 aliphatic rings. The third-order valence-electron chi connectivity index (χ3n) is 4.57. The van der Waals surface area contributed by atoms with Gasteiger partial charge in [0.05, 0.1) is 11.1 Å². The van der Waals surface area contributed by atoms with Gasteiger partial charge in [-0.05, 0) is 49.1 Å². The summed E-state index contributed by atoms with van der Waals surface area (Å²) in [6, 6.07) is 7.97. The predicted molar refractivity (Wildman–Crippen MR) is 94.2 cm³/mol. The summed E-state index contributed by atoms with van der Waals surface area (Å²) in [5.74, 6) is 1.03. The second kappa shape index (κ2) is 7.35. The molecule has 0 radical (unpaired) electrons. The van der Waals surface area contributed by atoms with Gasteiger partial charge in [-0.3, -0.25) is 4.79 Å². The average molecular weight is 363 g/mol. The van der Waals surface area contributed by atoms with Crippen LogP contribution in [0.4, 0.5) is 24.7 Å². The van der Waals surface area contributed by atoms with E-state index < -0.39 is 17.6 Å². The van der Waals surface area contributed by atoms with Gasteiger partial charge in [-0.2, -0.15) is 13.2 Å². The fourth-order valence-corrected chi connectivity index (χ4v) is 2.92. The number of alkyl halides is 3. The number of rotatable bonds is 3. The van der Waals surface area contributed by atoms with Gasteiger partial charge in [0.2, 0.25) is 0 Å². The minimum absolute atomic E-state index is 0.0962. The lowest BCUT2D eigenvalue weighted by Gasteiger charge is -2.31. The van der Waals surface area contributed by atoms with Crippen molar-refractivity contribution >= 4 is 17.4 Å². The summed E-state index contributed by atoms with van der Waals surface area (Å²) in [6.45, 7) is 4.10. The van der Waals surface area contributed by atoms with Crippen LogP contribution in [0.25, 0.3) is 0 Å². The minimum Gasteiger partial charge on any atom is -0.357 e. The van der Waals surface area contributed by atoms with E-state index in [2.05, 4.69) is 22.1 Å². The zero-order valence-electron chi connectivity index (χ0n) is 14.4. The molecule has 0 saturated carbocycles. The first kappa shape index (κ1) is 18.2. The Bertz CT molecular complexity index is 766. The van der Waals surface area contributed by atoms with Gasteiger partial charge in [-0.1, -0.05) is 13.0 Å². The summed E-state index contributed by atoms with van der Waals surface area (Å²) >= 11 is 0. The predicted octanol–water partition coefficient (Wildman–Crippen LogP) is 4.59. The maximum Gasteiger partial charge on any atom is 0.416 e. The molecule has 1 aromatic heterocycles. The van der Waals surface area contributed by atoms with E-state index in [1.807, 2.05) is 0 Å². The Kier molecular flexibility index (Phi) is 5.15. The molecule has 0 spiro atoms. The van der Waals surface area contributed by atoms with Crippen LogP contribution in [0.15, 0.2) is 42.6 Å². The molecule has 138 valence electrons. The van der Waals surface area contributed by atoms with Gasteiger partial charge in [0, 0.05) is 25.0 Å². The summed E-state index contributed by atoms with van der Waals surface area (Å²) in [4.78, 5) is 18.8. The number of benzene rings is 1. The number of piperidine rings is 1. The van der Waals surface area contributed by atoms with Crippen molar-refractivity contribution in [1.29, 1.82) is 0 Å². The number of hydrogen-bond donors (Lipinski definition) is 1. The smallest absolute Gasteiger partial charge is 0.357 e. The maximum absolute atomic E-state index is 12.7. The number of nitrogens with one attached hydrogen (secondary N) is 1. The summed E-state index contributed by atoms with van der Waals surface area (Å²) in [5, 5.41) is 2.48. The van der Waals surface area contributed by atoms with E-state index in [4.69, 9.17) is 0 Å². The number of pyridine rings is 1. The van der Waals surface area contributed by atoms with Crippen LogP contribution in [0.3, 0.4) is 0 Å².